The van der Waals surface area contributed by atoms with Crippen LogP contribution < -0.4 is 10.1 Å². The van der Waals surface area contributed by atoms with E-state index in [0.29, 0.717) is 17.8 Å². The van der Waals surface area contributed by atoms with E-state index in [1.54, 1.807) is 7.11 Å². The SMILES string of the molecule is COc1cccc(C(C)(C)C(=O)NC2C3CC4CC2CC(O)(C4)C3)c1. The molecule has 1 amide bonds. The van der Waals surface area contributed by atoms with Gasteiger partial charge in [-0.25, -0.2) is 0 Å². The number of aliphatic hydroxyl groups is 1. The summed E-state index contributed by atoms with van der Waals surface area (Å²) in [6, 6.07) is 7.98. The topological polar surface area (TPSA) is 58.6 Å². The van der Waals surface area contributed by atoms with E-state index < -0.39 is 11.0 Å². The van der Waals surface area contributed by atoms with Crippen LogP contribution in [0.3, 0.4) is 0 Å². The smallest absolute Gasteiger partial charge is 0.230 e. The summed E-state index contributed by atoms with van der Waals surface area (Å²) in [5.74, 6) is 2.37. The fourth-order valence-electron chi connectivity index (χ4n) is 5.69. The van der Waals surface area contributed by atoms with Crippen molar-refractivity contribution in [2.24, 2.45) is 17.8 Å². The van der Waals surface area contributed by atoms with Gasteiger partial charge >= 0.3 is 0 Å². The van der Waals surface area contributed by atoms with Crippen LogP contribution in [0.1, 0.15) is 51.5 Å². The summed E-state index contributed by atoms with van der Waals surface area (Å²) in [5.41, 5.74) is -0.105. The number of ether oxygens (including phenoxy) is 1. The Kier molecular flexibility index (Phi) is 3.87. The second kappa shape index (κ2) is 5.73. The average molecular weight is 343 g/mol. The van der Waals surface area contributed by atoms with Crippen LogP contribution in [0.4, 0.5) is 0 Å². The lowest BCUT2D eigenvalue weighted by Crippen LogP contribution is -2.62. The molecule has 0 saturated heterocycles. The van der Waals surface area contributed by atoms with E-state index in [1.807, 2.05) is 38.1 Å². The second-order valence-corrected chi connectivity index (χ2v) is 9.05. The van der Waals surface area contributed by atoms with Gasteiger partial charge in [-0.15, -0.1) is 0 Å². The standard InChI is InChI=1S/C21H29NO3/c1-20(2,16-5-4-6-17(9-16)25-3)19(23)22-18-14-7-13-8-15(18)12-21(24,10-13)11-14/h4-6,9,13-15,18,24H,7-8,10-12H2,1-3H3,(H,22,23). The van der Waals surface area contributed by atoms with Crippen molar-refractivity contribution in [2.45, 2.75) is 63.0 Å². The molecule has 4 fully saturated rings. The molecule has 5 rings (SSSR count). The van der Waals surface area contributed by atoms with Crippen molar-refractivity contribution in [1.29, 1.82) is 0 Å². The number of benzene rings is 1. The van der Waals surface area contributed by atoms with Crippen molar-refractivity contribution in [3.8, 4) is 5.75 Å². The second-order valence-electron chi connectivity index (χ2n) is 9.05. The van der Waals surface area contributed by atoms with Crippen molar-refractivity contribution in [2.75, 3.05) is 7.11 Å². The van der Waals surface area contributed by atoms with Gasteiger partial charge in [0.2, 0.25) is 5.91 Å². The minimum Gasteiger partial charge on any atom is -0.497 e. The van der Waals surface area contributed by atoms with Crippen molar-refractivity contribution < 1.29 is 14.6 Å². The molecule has 1 aromatic rings. The summed E-state index contributed by atoms with van der Waals surface area (Å²) in [7, 11) is 1.64. The lowest BCUT2D eigenvalue weighted by molar-refractivity contribution is -0.148. The Morgan fingerprint density at radius 1 is 1.24 bits per heavy atom. The quantitative estimate of drug-likeness (QED) is 0.883. The van der Waals surface area contributed by atoms with Crippen molar-refractivity contribution in [1.82, 2.24) is 5.32 Å². The summed E-state index contributed by atoms with van der Waals surface area (Å²) < 4.78 is 5.31. The molecule has 4 saturated carbocycles. The Morgan fingerprint density at radius 2 is 1.92 bits per heavy atom. The third-order valence-electron chi connectivity index (χ3n) is 6.90. The van der Waals surface area contributed by atoms with E-state index in [9.17, 15) is 9.90 Å². The number of carbonyl (C=O) groups excluding carboxylic acids is 1. The minimum absolute atomic E-state index is 0.0743. The number of amides is 1. The predicted molar refractivity (Wildman–Crippen MR) is 96.5 cm³/mol. The molecular formula is C21H29NO3. The predicted octanol–water partition coefficient (Wildman–Crippen LogP) is 3.03. The van der Waals surface area contributed by atoms with Crippen LogP contribution in [0.2, 0.25) is 0 Å². The molecule has 25 heavy (non-hydrogen) atoms. The van der Waals surface area contributed by atoms with Gasteiger partial charge in [0.25, 0.3) is 0 Å². The van der Waals surface area contributed by atoms with Gasteiger partial charge in [0, 0.05) is 6.04 Å². The zero-order chi connectivity index (χ0) is 17.8. The number of hydrogen-bond acceptors (Lipinski definition) is 3. The Balaban J connectivity index is 1.51. The molecule has 1 aromatic carbocycles. The summed E-state index contributed by atoms with van der Waals surface area (Å²) in [4.78, 5) is 13.1. The Bertz CT molecular complexity index is 667. The van der Waals surface area contributed by atoms with Gasteiger partial charge in [-0.2, -0.15) is 0 Å². The fraction of sp³-hybridized carbons (Fsp3) is 0.667. The maximum atomic E-state index is 13.1. The van der Waals surface area contributed by atoms with Crippen LogP contribution in [0.25, 0.3) is 0 Å². The molecule has 2 atom stereocenters. The van der Waals surface area contributed by atoms with E-state index in [1.165, 1.54) is 0 Å². The zero-order valence-electron chi connectivity index (χ0n) is 15.4. The van der Waals surface area contributed by atoms with Gasteiger partial charge in [0.15, 0.2) is 0 Å². The molecule has 0 spiro atoms. The third-order valence-corrected chi connectivity index (χ3v) is 6.90. The molecule has 2 unspecified atom stereocenters. The van der Waals surface area contributed by atoms with E-state index >= 15 is 0 Å². The van der Waals surface area contributed by atoms with Crippen molar-refractivity contribution in [3.05, 3.63) is 29.8 Å². The van der Waals surface area contributed by atoms with Crippen LogP contribution in [0.5, 0.6) is 5.75 Å². The van der Waals surface area contributed by atoms with E-state index in [2.05, 4.69) is 5.32 Å². The first kappa shape index (κ1) is 16.9. The molecule has 4 nitrogen and oxygen atoms in total. The van der Waals surface area contributed by atoms with Crippen molar-refractivity contribution in [3.63, 3.8) is 0 Å². The van der Waals surface area contributed by atoms with Gasteiger partial charge in [-0.05, 0) is 81.4 Å². The lowest BCUT2D eigenvalue weighted by Gasteiger charge is -2.58. The van der Waals surface area contributed by atoms with Gasteiger partial charge in [-0.3, -0.25) is 4.79 Å². The number of rotatable bonds is 4. The van der Waals surface area contributed by atoms with E-state index in [-0.39, 0.29) is 11.9 Å². The maximum Gasteiger partial charge on any atom is 0.230 e. The Labute approximate surface area is 150 Å². The average Bonchev–Trinajstić information content (AvgIpc) is 2.56. The monoisotopic (exact) mass is 343 g/mol. The lowest BCUT2D eigenvalue weighted by atomic mass is 9.52. The Morgan fingerprint density at radius 3 is 2.52 bits per heavy atom. The number of methoxy groups -OCH3 is 1. The van der Waals surface area contributed by atoms with Crippen LogP contribution >= 0.6 is 0 Å². The highest BCUT2D eigenvalue weighted by Gasteiger charge is 2.55. The first-order valence-corrected chi connectivity index (χ1v) is 9.49. The molecule has 136 valence electrons. The normalized spacial score (nSPS) is 36.3. The van der Waals surface area contributed by atoms with Crippen LogP contribution in [-0.2, 0) is 10.2 Å². The first-order chi connectivity index (χ1) is 11.8. The third kappa shape index (κ3) is 2.84. The number of carbonyl (C=O) groups is 1. The summed E-state index contributed by atoms with van der Waals surface area (Å²) >= 11 is 0. The number of hydrogen-bond donors (Lipinski definition) is 2. The molecule has 2 N–H and O–H groups in total. The summed E-state index contributed by atoms with van der Waals surface area (Å²) in [6.07, 6.45) is 4.98. The van der Waals surface area contributed by atoms with Crippen molar-refractivity contribution >= 4 is 5.91 Å². The molecule has 0 heterocycles. The summed E-state index contributed by atoms with van der Waals surface area (Å²) in [6.45, 7) is 3.95. The molecule has 4 bridgehead atoms. The molecule has 0 aromatic heterocycles. The molecule has 0 radical (unpaired) electrons. The van der Waals surface area contributed by atoms with Crippen LogP contribution in [-0.4, -0.2) is 29.8 Å². The first-order valence-electron chi connectivity index (χ1n) is 9.49. The highest BCUT2D eigenvalue weighted by Crippen LogP contribution is 2.55. The molecule has 0 aliphatic heterocycles. The zero-order valence-corrected chi connectivity index (χ0v) is 15.4. The largest absolute Gasteiger partial charge is 0.497 e. The highest BCUT2D eigenvalue weighted by atomic mass is 16.5. The number of nitrogens with one attached hydrogen (secondary N) is 1. The molecule has 4 aliphatic carbocycles. The van der Waals surface area contributed by atoms with Gasteiger partial charge in [0.1, 0.15) is 5.75 Å². The van der Waals surface area contributed by atoms with Crippen LogP contribution in [0, 0.1) is 17.8 Å². The fourth-order valence-corrected chi connectivity index (χ4v) is 5.69. The molecule has 4 heteroatoms. The molecular weight excluding hydrogens is 314 g/mol. The van der Waals surface area contributed by atoms with Gasteiger partial charge in [0.05, 0.1) is 18.1 Å². The highest BCUT2D eigenvalue weighted by molar-refractivity contribution is 5.87. The van der Waals surface area contributed by atoms with Gasteiger partial charge in [-0.1, -0.05) is 12.1 Å². The van der Waals surface area contributed by atoms with Crippen LogP contribution in [0.15, 0.2) is 24.3 Å². The maximum absolute atomic E-state index is 13.1. The Hall–Kier alpha value is -1.55. The van der Waals surface area contributed by atoms with E-state index in [4.69, 9.17) is 4.74 Å². The van der Waals surface area contributed by atoms with E-state index in [0.717, 1.165) is 43.4 Å². The summed E-state index contributed by atoms with van der Waals surface area (Å²) in [5, 5.41) is 14.1. The minimum atomic E-state index is -0.611. The molecule has 4 aliphatic rings. The van der Waals surface area contributed by atoms with Gasteiger partial charge < -0.3 is 15.2 Å².